The van der Waals surface area contributed by atoms with Crippen LogP contribution in [0.2, 0.25) is 0 Å². The van der Waals surface area contributed by atoms with E-state index in [0.29, 0.717) is 18.1 Å². The molecule has 0 atom stereocenters. The van der Waals surface area contributed by atoms with Crippen LogP contribution in [-0.2, 0) is 12.0 Å². The number of rotatable bonds is 4. The van der Waals surface area contributed by atoms with Crippen molar-refractivity contribution in [2.45, 2.75) is 32.7 Å². The molecule has 0 aliphatic rings. The molecule has 2 heterocycles. The normalized spacial score (nSPS) is 11.2. The van der Waals surface area contributed by atoms with E-state index in [-0.39, 0.29) is 11.3 Å². The first kappa shape index (κ1) is 15.4. The zero-order valence-corrected chi connectivity index (χ0v) is 13.5. The highest BCUT2D eigenvalue weighted by Gasteiger charge is 2.17. The van der Waals surface area contributed by atoms with Gasteiger partial charge in [0.1, 0.15) is 11.5 Å². The summed E-state index contributed by atoms with van der Waals surface area (Å²) in [6.07, 6.45) is 1.89. The summed E-state index contributed by atoms with van der Waals surface area (Å²) in [6.45, 7) is 7.10. The molecule has 1 amide bonds. The molecular weight excluding hydrogens is 284 g/mol. The van der Waals surface area contributed by atoms with Gasteiger partial charge in [0.25, 0.3) is 5.91 Å². The van der Waals surface area contributed by atoms with Crippen LogP contribution in [-0.4, -0.2) is 22.9 Å². The van der Waals surface area contributed by atoms with Gasteiger partial charge < -0.3 is 10.6 Å². The maximum Gasteiger partial charge on any atom is 0.269 e. The Morgan fingerprint density at radius 3 is 2.71 bits per heavy atom. The van der Waals surface area contributed by atoms with Gasteiger partial charge in [0.2, 0.25) is 0 Å². The monoisotopic (exact) mass is 304 g/mol. The van der Waals surface area contributed by atoms with Gasteiger partial charge in [0.15, 0.2) is 0 Å². The van der Waals surface area contributed by atoms with Crippen LogP contribution in [0.3, 0.4) is 0 Å². The summed E-state index contributed by atoms with van der Waals surface area (Å²) in [6, 6.07) is 5.35. The molecule has 21 heavy (non-hydrogen) atoms. The third kappa shape index (κ3) is 4.01. The van der Waals surface area contributed by atoms with Crippen molar-refractivity contribution in [1.82, 2.24) is 15.3 Å². The van der Waals surface area contributed by atoms with E-state index in [4.69, 9.17) is 0 Å². The smallest absolute Gasteiger partial charge is 0.269 e. The van der Waals surface area contributed by atoms with Gasteiger partial charge in [-0.05, 0) is 12.1 Å². The van der Waals surface area contributed by atoms with Crippen LogP contribution in [0.4, 0.5) is 5.82 Å². The number of thiazole rings is 1. The summed E-state index contributed by atoms with van der Waals surface area (Å²) in [7, 11) is 1.59. The number of anilines is 1. The lowest BCUT2D eigenvalue weighted by atomic mass is 9.98. The predicted molar refractivity (Wildman–Crippen MR) is 85.8 cm³/mol. The van der Waals surface area contributed by atoms with Crippen molar-refractivity contribution in [2.75, 3.05) is 12.4 Å². The summed E-state index contributed by atoms with van der Waals surface area (Å²) in [5.74, 6) is 0.494. The predicted octanol–water partition coefficient (Wildman–Crippen LogP) is 2.81. The van der Waals surface area contributed by atoms with E-state index < -0.39 is 0 Å². The number of hydrogen-bond acceptors (Lipinski definition) is 5. The van der Waals surface area contributed by atoms with E-state index in [1.54, 1.807) is 24.5 Å². The van der Waals surface area contributed by atoms with Crippen LogP contribution in [0.25, 0.3) is 0 Å². The van der Waals surface area contributed by atoms with E-state index >= 15 is 0 Å². The second kappa shape index (κ2) is 6.22. The molecule has 0 aliphatic heterocycles. The van der Waals surface area contributed by atoms with Crippen LogP contribution >= 0.6 is 11.3 Å². The van der Waals surface area contributed by atoms with Crippen molar-refractivity contribution in [3.8, 4) is 0 Å². The van der Waals surface area contributed by atoms with Crippen LogP contribution in [0, 0.1) is 0 Å². The molecule has 2 N–H and O–H groups in total. The summed E-state index contributed by atoms with van der Waals surface area (Å²) in [5, 5.41) is 6.91. The minimum absolute atomic E-state index is 0.0697. The Morgan fingerprint density at radius 1 is 1.33 bits per heavy atom. The highest BCUT2D eigenvalue weighted by atomic mass is 32.1. The molecule has 112 valence electrons. The molecule has 6 heteroatoms. The molecule has 0 bridgehead atoms. The SMILES string of the molecule is CNC(=O)c1cccc(NCc2cnc(C(C)(C)C)s2)n1. The molecule has 0 saturated carbocycles. The maximum absolute atomic E-state index is 11.5. The molecule has 0 spiro atoms. The molecule has 0 unspecified atom stereocenters. The fourth-order valence-electron chi connectivity index (χ4n) is 1.70. The Balaban J connectivity index is 2.03. The quantitative estimate of drug-likeness (QED) is 0.911. The zero-order valence-electron chi connectivity index (χ0n) is 12.7. The average Bonchev–Trinajstić information content (AvgIpc) is 2.93. The third-order valence-electron chi connectivity index (χ3n) is 2.85. The Kier molecular flexibility index (Phi) is 4.57. The fraction of sp³-hybridized carbons (Fsp3) is 0.400. The largest absolute Gasteiger partial charge is 0.365 e. The molecule has 2 aromatic heterocycles. The average molecular weight is 304 g/mol. The summed E-state index contributed by atoms with van der Waals surface area (Å²) < 4.78 is 0. The van der Waals surface area contributed by atoms with E-state index in [1.165, 1.54) is 0 Å². The van der Waals surface area contributed by atoms with E-state index in [9.17, 15) is 4.79 Å². The molecule has 0 aromatic carbocycles. The number of nitrogens with one attached hydrogen (secondary N) is 2. The van der Waals surface area contributed by atoms with E-state index in [0.717, 1.165) is 9.88 Å². The standard InChI is InChI=1S/C15H20N4OS/c1-15(2,3)14-18-9-10(21-14)8-17-12-7-5-6-11(19-12)13(20)16-4/h5-7,9H,8H2,1-4H3,(H,16,20)(H,17,19). The van der Waals surface area contributed by atoms with Crippen molar-refractivity contribution in [3.63, 3.8) is 0 Å². The maximum atomic E-state index is 11.5. The number of carbonyl (C=O) groups is 1. The molecular formula is C15H20N4OS. The highest BCUT2D eigenvalue weighted by Crippen LogP contribution is 2.27. The minimum Gasteiger partial charge on any atom is -0.365 e. The summed E-state index contributed by atoms with van der Waals surface area (Å²) in [4.78, 5) is 21.4. The Morgan fingerprint density at radius 2 is 2.10 bits per heavy atom. The topological polar surface area (TPSA) is 66.9 Å². The van der Waals surface area contributed by atoms with Gasteiger partial charge in [-0.15, -0.1) is 11.3 Å². The van der Waals surface area contributed by atoms with E-state index in [1.807, 2.05) is 18.3 Å². The van der Waals surface area contributed by atoms with Crippen LogP contribution in [0.5, 0.6) is 0 Å². The van der Waals surface area contributed by atoms with Gasteiger partial charge in [-0.1, -0.05) is 26.8 Å². The lowest BCUT2D eigenvalue weighted by molar-refractivity contribution is 0.0958. The van der Waals surface area contributed by atoms with Crippen molar-refractivity contribution in [3.05, 3.63) is 40.0 Å². The van der Waals surface area contributed by atoms with Crippen molar-refractivity contribution >= 4 is 23.1 Å². The highest BCUT2D eigenvalue weighted by molar-refractivity contribution is 7.11. The fourth-order valence-corrected chi connectivity index (χ4v) is 2.61. The Hall–Kier alpha value is -1.95. The van der Waals surface area contributed by atoms with Crippen molar-refractivity contribution in [2.24, 2.45) is 0 Å². The van der Waals surface area contributed by atoms with Gasteiger partial charge in [0.05, 0.1) is 11.6 Å². The first-order chi connectivity index (χ1) is 9.90. The molecule has 0 radical (unpaired) electrons. The molecule has 2 rings (SSSR count). The Bertz CT molecular complexity index is 631. The van der Waals surface area contributed by atoms with E-state index in [2.05, 4.69) is 41.4 Å². The molecule has 0 saturated heterocycles. The van der Waals surface area contributed by atoms with Gasteiger partial charge in [-0.3, -0.25) is 4.79 Å². The lowest BCUT2D eigenvalue weighted by Crippen LogP contribution is -2.19. The third-order valence-corrected chi connectivity index (χ3v) is 4.27. The number of amides is 1. The number of carbonyl (C=O) groups excluding carboxylic acids is 1. The van der Waals surface area contributed by atoms with Gasteiger partial charge in [-0.2, -0.15) is 0 Å². The Labute approximate surface area is 128 Å². The first-order valence-electron chi connectivity index (χ1n) is 6.78. The number of pyridine rings is 1. The number of aromatic nitrogens is 2. The van der Waals surface area contributed by atoms with Crippen molar-refractivity contribution < 1.29 is 4.79 Å². The number of nitrogens with zero attached hydrogens (tertiary/aromatic N) is 2. The lowest BCUT2D eigenvalue weighted by Gasteiger charge is -2.13. The number of hydrogen-bond donors (Lipinski definition) is 2. The molecule has 0 aliphatic carbocycles. The zero-order chi connectivity index (χ0) is 15.5. The van der Waals surface area contributed by atoms with Crippen molar-refractivity contribution in [1.29, 1.82) is 0 Å². The molecule has 2 aromatic rings. The summed E-state index contributed by atoms with van der Waals surface area (Å²) >= 11 is 1.69. The second-order valence-electron chi connectivity index (χ2n) is 5.72. The van der Waals surface area contributed by atoms with Gasteiger partial charge in [0, 0.05) is 23.5 Å². The van der Waals surface area contributed by atoms with Gasteiger partial charge >= 0.3 is 0 Å². The van der Waals surface area contributed by atoms with Crippen LogP contribution in [0.15, 0.2) is 24.4 Å². The second-order valence-corrected chi connectivity index (χ2v) is 6.84. The summed E-state index contributed by atoms with van der Waals surface area (Å²) in [5.41, 5.74) is 0.475. The first-order valence-corrected chi connectivity index (χ1v) is 7.60. The molecule has 5 nitrogen and oxygen atoms in total. The van der Waals surface area contributed by atoms with Crippen LogP contribution in [0.1, 0.15) is 41.1 Å². The van der Waals surface area contributed by atoms with Crippen LogP contribution < -0.4 is 10.6 Å². The minimum atomic E-state index is -0.188. The molecule has 0 fully saturated rings. The van der Waals surface area contributed by atoms with Gasteiger partial charge in [-0.25, -0.2) is 9.97 Å².